The van der Waals surface area contributed by atoms with Gasteiger partial charge in [0, 0.05) is 24.9 Å². The Hall–Kier alpha value is -1.13. The predicted molar refractivity (Wildman–Crippen MR) is 129 cm³/mol. The molecule has 0 heterocycles. The maximum atomic E-state index is 12.3. The first-order chi connectivity index (χ1) is 14.6. The average molecular weight is 434 g/mol. The zero-order chi connectivity index (χ0) is 23.0. The van der Waals surface area contributed by atoms with Gasteiger partial charge in [0.2, 0.25) is 5.91 Å². The smallest absolute Gasteiger partial charge is 0.222 e. The van der Waals surface area contributed by atoms with Gasteiger partial charge in [-0.2, -0.15) is 0 Å². The van der Waals surface area contributed by atoms with Crippen LogP contribution in [0.5, 0.6) is 0 Å². The van der Waals surface area contributed by atoms with Gasteiger partial charge in [0.15, 0.2) is 0 Å². The topological polar surface area (TPSA) is 60.8 Å². The van der Waals surface area contributed by atoms with Crippen LogP contribution in [0.25, 0.3) is 0 Å². The van der Waals surface area contributed by atoms with E-state index in [1.54, 1.807) is 0 Å². The van der Waals surface area contributed by atoms with Gasteiger partial charge in [0.1, 0.15) is 0 Å². The minimum atomic E-state index is -0.383. The fourth-order valence-electron chi connectivity index (χ4n) is 5.09. The van der Waals surface area contributed by atoms with Crippen LogP contribution in [-0.4, -0.2) is 45.8 Å². The van der Waals surface area contributed by atoms with Crippen LogP contribution in [0.2, 0.25) is 0 Å². The molecule has 0 aromatic heterocycles. The van der Waals surface area contributed by atoms with Gasteiger partial charge in [-0.1, -0.05) is 56.4 Å². The van der Waals surface area contributed by atoms with Gasteiger partial charge in [-0.15, -0.1) is 0 Å². The Bertz CT molecular complexity index is 618. The van der Waals surface area contributed by atoms with Crippen LogP contribution >= 0.6 is 0 Å². The molecule has 31 heavy (non-hydrogen) atoms. The molecule has 0 saturated heterocycles. The molecule has 5 atom stereocenters. The quantitative estimate of drug-likeness (QED) is 0.309. The number of fused-ring (bicyclic) bond motifs is 1. The molecule has 0 unspecified atom stereocenters. The highest BCUT2D eigenvalue weighted by molar-refractivity contribution is 5.76. The van der Waals surface area contributed by atoms with E-state index in [-0.39, 0.29) is 29.6 Å². The zero-order valence-corrected chi connectivity index (χ0v) is 20.6. The molecule has 178 valence electrons. The third-order valence-electron chi connectivity index (χ3n) is 7.38. The van der Waals surface area contributed by atoms with Crippen molar-refractivity contribution in [1.82, 2.24) is 4.90 Å². The van der Waals surface area contributed by atoms with E-state index in [9.17, 15) is 15.0 Å². The molecular weight excluding hydrogens is 386 g/mol. The summed E-state index contributed by atoms with van der Waals surface area (Å²) in [5.41, 5.74) is 1.42. The van der Waals surface area contributed by atoms with E-state index in [2.05, 4.69) is 39.8 Å². The lowest BCUT2D eigenvalue weighted by atomic mass is 9.88. The lowest BCUT2D eigenvalue weighted by Crippen LogP contribution is -2.42. The van der Waals surface area contributed by atoms with E-state index in [4.69, 9.17) is 0 Å². The van der Waals surface area contributed by atoms with Crippen LogP contribution in [0.3, 0.4) is 0 Å². The Balaban J connectivity index is 1.70. The number of amides is 1. The molecule has 4 heteroatoms. The number of hydrogen-bond acceptors (Lipinski definition) is 3. The molecular formula is C27H47NO3. The molecule has 1 amide bonds. The fourth-order valence-corrected chi connectivity index (χ4v) is 5.09. The van der Waals surface area contributed by atoms with Crippen LogP contribution in [0.4, 0.5) is 0 Å². The van der Waals surface area contributed by atoms with Gasteiger partial charge in [0.25, 0.3) is 0 Å². The molecule has 4 nitrogen and oxygen atoms in total. The Morgan fingerprint density at radius 1 is 1.23 bits per heavy atom. The summed E-state index contributed by atoms with van der Waals surface area (Å²) in [6.07, 6.45) is 16.8. The van der Waals surface area contributed by atoms with Crippen molar-refractivity contribution in [3.63, 3.8) is 0 Å². The van der Waals surface area contributed by atoms with Crippen molar-refractivity contribution < 1.29 is 15.0 Å². The number of rotatable bonds is 12. The summed E-state index contributed by atoms with van der Waals surface area (Å²) in [6, 6.07) is 0. The monoisotopic (exact) mass is 433 g/mol. The first-order valence-electron chi connectivity index (χ1n) is 12.6. The molecule has 0 bridgehead atoms. The zero-order valence-electron chi connectivity index (χ0n) is 20.6. The van der Waals surface area contributed by atoms with Gasteiger partial charge in [-0.25, -0.2) is 0 Å². The van der Waals surface area contributed by atoms with Gasteiger partial charge in [0.05, 0.1) is 12.2 Å². The molecule has 2 N–H and O–H groups in total. The summed E-state index contributed by atoms with van der Waals surface area (Å²) >= 11 is 0. The van der Waals surface area contributed by atoms with Crippen molar-refractivity contribution in [2.75, 3.05) is 7.05 Å². The normalized spacial score (nSPS) is 26.9. The molecule has 2 aliphatic rings. The van der Waals surface area contributed by atoms with Crippen molar-refractivity contribution in [3.05, 3.63) is 23.8 Å². The summed E-state index contributed by atoms with van der Waals surface area (Å²) in [6.45, 7) is 8.38. The summed E-state index contributed by atoms with van der Waals surface area (Å²) in [5.74, 6) is 1.39. The highest BCUT2D eigenvalue weighted by Gasteiger charge is 2.43. The largest absolute Gasteiger partial charge is 0.392 e. The van der Waals surface area contributed by atoms with Crippen molar-refractivity contribution in [1.29, 1.82) is 0 Å². The van der Waals surface area contributed by atoms with Gasteiger partial charge in [-0.05, 0) is 71.1 Å². The Kier molecular flexibility index (Phi) is 10.3. The van der Waals surface area contributed by atoms with Crippen LogP contribution in [0.15, 0.2) is 23.8 Å². The van der Waals surface area contributed by atoms with Gasteiger partial charge < -0.3 is 15.1 Å². The lowest BCUT2D eigenvalue weighted by molar-refractivity contribution is -0.134. The molecule has 1 saturated carbocycles. The SMILES string of the molecule is CCCCC[C@H](O)/C=C/[C@@H]1[C@H]2CC(CCCCCC(=O)N(C)C(C)(C)C)=C[C@H]2C[C@H]1O. The number of unbranched alkanes of at least 4 members (excludes halogenated alkanes) is 4. The second kappa shape index (κ2) is 12.2. The minimum absolute atomic E-state index is 0.107. The van der Waals surface area contributed by atoms with Crippen molar-refractivity contribution in [2.45, 2.75) is 116 Å². The second-order valence-corrected chi connectivity index (χ2v) is 10.9. The maximum absolute atomic E-state index is 12.3. The Morgan fingerprint density at radius 3 is 2.65 bits per heavy atom. The van der Waals surface area contributed by atoms with E-state index >= 15 is 0 Å². The number of aliphatic hydroxyl groups is 2. The van der Waals surface area contributed by atoms with Crippen molar-refractivity contribution in [3.8, 4) is 0 Å². The number of aliphatic hydroxyl groups excluding tert-OH is 2. The maximum Gasteiger partial charge on any atom is 0.222 e. The minimum Gasteiger partial charge on any atom is -0.392 e. The fraction of sp³-hybridized carbons (Fsp3) is 0.815. The van der Waals surface area contributed by atoms with Crippen LogP contribution < -0.4 is 0 Å². The number of nitrogens with zero attached hydrogens (tertiary/aromatic N) is 1. The summed E-state index contributed by atoms with van der Waals surface area (Å²) in [7, 11) is 1.90. The van der Waals surface area contributed by atoms with Crippen LogP contribution in [0.1, 0.15) is 98.3 Å². The molecule has 2 aliphatic carbocycles. The third kappa shape index (κ3) is 8.05. The summed E-state index contributed by atoms with van der Waals surface area (Å²) < 4.78 is 0. The Morgan fingerprint density at radius 2 is 1.97 bits per heavy atom. The predicted octanol–water partition coefficient (Wildman–Crippen LogP) is 5.63. The number of carbonyl (C=O) groups excluding carboxylic acids is 1. The van der Waals surface area contributed by atoms with Crippen LogP contribution in [-0.2, 0) is 4.79 Å². The molecule has 0 radical (unpaired) electrons. The van der Waals surface area contributed by atoms with Crippen molar-refractivity contribution >= 4 is 5.91 Å². The highest BCUT2D eigenvalue weighted by Crippen LogP contribution is 2.48. The van der Waals surface area contributed by atoms with E-state index in [1.165, 1.54) is 12.0 Å². The van der Waals surface area contributed by atoms with E-state index in [1.807, 2.05) is 18.0 Å². The molecule has 1 fully saturated rings. The number of carbonyl (C=O) groups is 1. The summed E-state index contributed by atoms with van der Waals surface area (Å²) in [5, 5.41) is 20.7. The first-order valence-corrected chi connectivity index (χ1v) is 12.6. The number of allylic oxidation sites excluding steroid dienone is 2. The molecule has 2 rings (SSSR count). The molecule has 0 aromatic carbocycles. The van der Waals surface area contributed by atoms with E-state index in [0.717, 1.165) is 57.8 Å². The van der Waals surface area contributed by atoms with E-state index < -0.39 is 0 Å². The van der Waals surface area contributed by atoms with Gasteiger partial charge >= 0.3 is 0 Å². The Labute approximate surface area is 190 Å². The number of hydrogen-bond donors (Lipinski definition) is 2. The average Bonchev–Trinajstić information content (AvgIpc) is 3.21. The lowest BCUT2D eigenvalue weighted by Gasteiger charge is -2.32. The van der Waals surface area contributed by atoms with Crippen LogP contribution in [0, 0.1) is 17.8 Å². The first kappa shape index (κ1) is 26.1. The third-order valence-corrected chi connectivity index (χ3v) is 7.38. The molecule has 0 spiro atoms. The van der Waals surface area contributed by atoms with Crippen molar-refractivity contribution in [2.24, 2.45) is 17.8 Å². The molecule has 0 aromatic rings. The van der Waals surface area contributed by atoms with E-state index in [0.29, 0.717) is 18.3 Å². The molecule has 0 aliphatic heterocycles. The van der Waals surface area contributed by atoms with Gasteiger partial charge in [-0.3, -0.25) is 4.79 Å². The second-order valence-electron chi connectivity index (χ2n) is 10.9. The highest BCUT2D eigenvalue weighted by atomic mass is 16.3. The summed E-state index contributed by atoms with van der Waals surface area (Å²) in [4.78, 5) is 14.1. The standard InChI is InChI=1S/C27H47NO3/c1-6-7-9-13-22(29)15-16-23-24-18-20(17-21(24)19-25(23)30)12-10-8-11-14-26(31)28(5)27(2,3)4/h15-17,21-25,29-30H,6-14,18-19H2,1-5H3/b16-15+/t21-,22-,23+,24-,25+/m0/s1.